The third kappa shape index (κ3) is 3.81. The van der Waals surface area contributed by atoms with Crippen LogP contribution in [0.4, 0.5) is 4.79 Å². The van der Waals surface area contributed by atoms with Crippen molar-refractivity contribution in [1.29, 1.82) is 0 Å². The van der Waals surface area contributed by atoms with Gasteiger partial charge in [0.25, 0.3) is 5.91 Å². The minimum atomic E-state index is -0.776. The van der Waals surface area contributed by atoms with E-state index in [-0.39, 0.29) is 18.4 Å². The zero-order chi connectivity index (χ0) is 15.4. The van der Waals surface area contributed by atoms with Gasteiger partial charge < -0.3 is 10.2 Å². The molecule has 0 spiro atoms. The van der Waals surface area contributed by atoms with Crippen LogP contribution in [0.3, 0.4) is 0 Å². The molecule has 6 heteroatoms. The van der Waals surface area contributed by atoms with Crippen LogP contribution in [0.25, 0.3) is 0 Å². The lowest BCUT2D eigenvalue weighted by Crippen LogP contribution is -2.41. The second-order valence-corrected chi connectivity index (χ2v) is 5.32. The van der Waals surface area contributed by atoms with Gasteiger partial charge in [0, 0.05) is 12.6 Å². The standard InChI is InChI=1S/C15H19N3O3/c1-10(2)18(9-11-6-4-3-5-7-11)13(19)8-12-14(20)17-15(21)16-12/h3-7,10,12H,8-9H2,1-2H3,(H2,16,17,20,21). The van der Waals surface area contributed by atoms with Gasteiger partial charge in [0.15, 0.2) is 0 Å². The van der Waals surface area contributed by atoms with E-state index in [4.69, 9.17) is 0 Å². The van der Waals surface area contributed by atoms with Crippen LogP contribution in [0.15, 0.2) is 30.3 Å². The van der Waals surface area contributed by atoms with Gasteiger partial charge in [-0.05, 0) is 19.4 Å². The highest BCUT2D eigenvalue weighted by molar-refractivity contribution is 6.05. The molecular weight excluding hydrogens is 270 g/mol. The highest BCUT2D eigenvalue weighted by Crippen LogP contribution is 2.12. The first-order valence-corrected chi connectivity index (χ1v) is 6.92. The largest absolute Gasteiger partial charge is 0.336 e. The SMILES string of the molecule is CC(C)N(Cc1ccccc1)C(=O)CC1NC(=O)NC1=O. The molecule has 4 amide bonds. The van der Waals surface area contributed by atoms with Crippen LogP contribution in [0, 0.1) is 0 Å². The number of amides is 4. The molecule has 1 atom stereocenters. The second-order valence-electron chi connectivity index (χ2n) is 5.32. The predicted octanol–water partition coefficient (Wildman–Crippen LogP) is 1.02. The summed E-state index contributed by atoms with van der Waals surface area (Å²) in [6.07, 6.45) is -0.0252. The lowest BCUT2D eigenvalue weighted by Gasteiger charge is -2.27. The van der Waals surface area contributed by atoms with Crippen molar-refractivity contribution in [3.05, 3.63) is 35.9 Å². The summed E-state index contributed by atoms with van der Waals surface area (Å²) >= 11 is 0. The van der Waals surface area contributed by atoms with Gasteiger partial charge in [-0.3, -0.25) is 14.9 Å². The van der Waals surface area contributed by atoms with Crippen LogP contribution in [-0.2, 0) is 16.1 Å². The Morgan fingerprint density at radius 1 is 1.24 bits per heavy atom. The molecule has 2 N–H and O–H groups in total. The molecule has 6 nitrogen and oxygen atoms in total. The van der Waals surface area contributed by atoms with Crippen molar-refractivity contribution in [3.8, 4) is 0 Å². The van der Waals surface area contributed by atoms with Crippen molar-refractivity contribution in [2.45, 2.75) is 38.9 Å². The minimum absolute atomic E-state index is 0.0119. The van der Waals surface area contributed by atoms with Crippen molar-refractivity contribution in [3.63, 3.8) is 0 Å². The molecule has 21 heavy (non-hydrogen) atoms. The molecule has 1 aliphatic heterocycles. The maximum absolute atomic E-state index is 12.4. The molecule has 1 unspecified atom stereocenters. The van der Waals surface area contributed by atoms with Crippen LogP contribution in [-0.4, -0.2) is 34.8 Å². The molecule has 1 aromatic carbocycles. The molecule has 1 saturated heterocycles. The number of urea groups is 1. The average molecular weight is 289 g/mol. The number of nitrogens with one attached hydrogen (secondary N) is 2. The van der Waals surface area contributed by atoms with Crippen LogP contribution < -0.4 is 10.6 Å². The Hall–Kier alpha value is -2.37. The Morgan fingerprint density at radius 3 is 2.43 bits per heavy atom. The number of benzene rings is 1. The quantitative estimate of drug-likeness (QED) is 0.794. The summed E-state index contributed by atoms with van der Waals surface area (Å²) in [6.45, 7) is 4.34. The van der Waals surface area contributed by atoms with E-state index in [0.717, 1.165) is 5.56 Å². The number of carbonyl (C=O) groups is 3. The number of hydrogen-bond acceptors (Lipinski definition) is 3. The number of nitrogens with zero attached hydrogens (tertiary/aromatic N) is 1. The summed E-state index contributed by atoms with van der Waals surface area (Å²) in [5.41, 5.74) is 1.03. The zero-order valence-corrected chi connectivity index (χ0v) is 12.1. The third-order valence-corrected chi connectivity index (χ3v) is 3.38. The molecule has 0 aromatic heterocycles. The summed E-state index contributed by atoms with van der Waals surface area (Å²) < 4.78 is 0. The van der Waals surface area contributed by atoms with E-state index in [1.807, 2.05) is 44.2 Å². The Balaban J connectivity index is 2.02. The average Bonchev–Trinajstić information content (AvgIpc) is 2.75. The summed E-state index contributed by atoms with van der Waals surface area (Å²) in [5.74, 6) is -0.604. The highest BCUT2D eigenvalue weighted by atomic mass is 16.2. The molecule has 0 saturated carbocycles. The van der Waals surface area contributed by atoms with Crippen molar-refractivity contribution in [2.24, 2.45) is 0 Å². The maximum atomic E-state index is 12.4. The van der Waals surface area contributed by atoms with Crippen LogP contribution in [0.5, 0.6) is 0 Å². The van der Waals surface area contributed by atoms with Crippen molar-refractivity contribution < 1.29 is 14.4 Å². The molecule has 0 aliphatic carbocycles. The maximum Gasteiger partial charge on any atom is 0.322 e. The monoisotopic (exact) mass is 289 g/mol. The summed E-state index contributed by atoms with van der Waals surface area (Å²) in [6, 6.07) is 8.35. The van der Waals surface area contributed by atoms with E-state index in [2.05, 4.69) is 10.6 Å². The molecule has 0 radical (unpaired) electrons. The van der Waals surface area contributed by atoms with Gasteiger partial charge in [-0.25, -0.2) is 4.79 Å². The topological polar surface area (TPSA) is 78.5 Å². The normalized spacial score (nSPS) is 17.6. The van der Waals surface area contributed by atoms with Crippen LogP contribution in [0.2, 0.25) is 0 Å². The summed E-state index contributed by atoms with van der Waals surface area (Å²) in [4.78, 5) is 36.7. The van der Waals surface area contributed by atoms with Crippen molar-refractivity contribution in [2.75, 3.05) is 0 Å². The first-order valence-electron chi connectivity index (χ1n) is 6.92. The Labute approximate surface area is 123 Å². The minimum Gasteiger partial charge on any atom is -0.336 e. The summed E-state index contributed by atoms with van der Waals surface area (Å²) in [7, 11) is 0. The Kier molecular flexibility index (Phi) is 4.57. The van der Waals surface area contributed by atoms with E-state index in [1.54, 1.807) is 4.90 Å². The lowest BCUT2D eigenvalue weighted by molar-refractivity contribution is -0.136. The number of rotatable bonds is 5. The second kappa shape index (κ2) is 6.39. The molecular formula is C15H19N3O3. The fourth-order valence-electron chi connectivity index (χ4n) is 2.23. The van der Waals surface area contributed by atoms with Gasteiger partial charge in [0.2, 0.25) is 5.91 Å². The van der Waals surface area contributed by atoms with Crippen molar-refractivity contribution in [1.82, 2.24) is 15.5 Å². The molecule has 112 valence electrons. The number of hydrogen-bond donors (Lipinski definition) is 2. The smallest absolute Gasteiger partial charge is 0.322 e. The fourth-order valence-corrected chi connectivity index (χ4v) is 2.23. The van der Waals surface area contributed by atoms with E-state index in [1.165, 1.54) is 0 Å². The van der Waals surface area contributed by atoms with Crippen LogP contribution >= 0.6 is 0 Å². The molecule has 1 heterocycles. The van der Waals surface area contributed by atoms with Gasteiger partial charge in [-0.2, -0.15) is 0 Å². The van der Waals surface area contributed by atoms with Crippen LogP contribution in [0.1, 0.15) is 25.8 Å². The van der Waals surface area contributed by atoms with E-state index in [0.29, 0.717) is 6.54 Å². The number of carbonyl (C=O) groups excluding carboxylic acids is 3. The fraction of sp³-hybridized carbons (Fsp3) is 0.400. The third-order valence-electron chi connectivity index (χ3n) is 3.38. The van der Waals surface area contributed by atoms with E-state index >= 15 is 0 Å². The molecule has 2 rings (SSSR count). The van der Waals surface area contributed by atoms with Gasteiger partial charge in [-0.1, -0.05) is 30.3 Å². The highest BCUT2D eigenvalue weighted by Gasteiger charge is 2.33. The van der Waals surface area contributed by atoms with E-state index < -0.39 is 18.0 Å². The van der Waals surface area contributed by atoms with E-state index in [9.17, 15) is 14.4 Å². The molecule has 1 aliphatic rings. The lowest BCUT2D eigenvalue weighted by atomic mass is 10.1. The van der Waals surface area contributed by atoms with Gasteiger partial charge in [0.05, 0.1) is 6.42 Å². The van der Waals surface area contributed by atoms with Gasteiger partial charge in [0.1, 0.15) is 6.04 Å². The molecule has 0 bridgehead atoms. The Bertz CT molecular complexity index is 542. The first kappa shape index (κ1) is 15.0. The summed E-state index contributed by atoms with van der Waals surface area (Å²) in [5, 5.41) is 4.58. The first-order chi connectivity index (χ1) is 9.97. The molecule has 1 aromatic rings. The zero-order valence-electron chi connectivity index (χ0n) is 12.1. The predicted molar refractivity (Wildman–Crippen MR) is 77.2 cm³/mol. The molecule has 1 fully saturated rings. The van der Waals surface area contributed by atoms with Gasteiger partial charge in [-0.15, -0.1) is 0 Å². The Morgan fingerprint density at radius 2 is 1.90 bits per heavy atom. The number of imide groups is 1. The van der Waals surface area contributed by atoms with Gasteiger partial charge >= 0.3 is 6.03 Å². The van der Waals surface area contributed by atoms with Crippen molar-refractivity contribution >= 4 is 17.8 Å².